The third kappa shape index (κ3) is 4.11. The van der Waals surface area contributed by atoms with Crippen molar-refractivity contribution < 1.29 is 0 Å². The smallest absolute Gasteiger partial charge is 0.0362 e. The Kier molecular flexibility index (Phi) is 6.46. The lowest BCUT2D eigenvalue weighted by Crippen LogP contribution is -2.27. The summed E-state index contributed by atoms with van der Waals surface area (Å²) in [5.41, 5.74) is 0. The first kappa shape index (κ1) is 14.1. The Bertz CT molecular complexity index is 173. The van der Waals surface area contributed by atoms with E-state index in [9.17, 15) is 0 Å². The van der Waals surface area contributed by atoms with Crippen molar-refractivity contribution in [1.82, 2.24) is 0 Å². The predicted octanol–water partition coefficient (Wildman–Crippen LogP) is 5.67. The van der Waals surface area contributed by atoms with Crippen molar-refractivity contribution in [1.29, 1.82) is 0 Å². The van der Waals surface area contributed by atoms with Crippen LogP contribution in [0.4, 0.5) is 0 Å². The van der Waals surface area contributed by atoms with Gasteiger partial charge in [0.05, 0.1) is 0 Å². The van der Waals surface area contributed by atoms with E-state index in [-0.39, 0.29) is 0 Å². The summed E-state index contributed by atoms with van der Waals surface area (Å²) in [4.78, 5) is 0. The molecule has 0 bridgehead atoms. The van der Waals surface area contributed by atoms with Gasteiger partial charge in [-0.05, 0) is 36.5 Å². The summed E-state index contributed by atoms with van der Waals surface area (Å²) < 4.78 is 0. The predicted molar refractivity (Wildman–Crippen MR) is 73.6 cm³/mol. The topological polar surface area (TPSA) is 0 Å². The third-order valence-corrected chi connectivity index (χ3v) is 4.92. The van der Waals surface area contributed by atoms with Crippen LogP contribution in [0.5, 0.6) is 0 Å². The molecule has 0 saturated heterocycles. The first-order valence-corrected chi connectivity index (χ1v) is 7.69. The molecular weight excluding hydrogens is 192 g/mol. The maximum absolute atomic E-state index is 2.50. The zero-order valence-corrected chi connectivity index (χ0v) is 12.0. The zero-order chi connectivity index (χ0) is 12.0. The van der Waals surface area contributed by atoms with Crippen molar-refractivity contribution in [3.05, 3.63) is 0 Å². The van der Waals surface area contributed by atoms with Gasteiger partial charge in [0.25, 0.3) is 0 Å². The van der Waals surface area contributed by atoms with E-state index in [2.05, 4.69) is 27.7 Å². The van der Waals surface area contributed by atoms with Crippen LogP contribution in [-0.2, 0) is 0 Å². The average molecular weight is 224 g/mol. The van der Waals surface area contributed by atoms with Crippen LogP contribution in [0.1, 0.15) is 79.1 Å². The summed E-state index contributed by atoms with van der Waals surface area (Å²) in [6, 6.07) is 0. The molecule has 0 spiro atoms. The van der Waals surface area contributed by atoms with E-state index in [1.807, 2.05) is 0 Å². The standard InChI is InChI=1S/C16H32/c1-5-7-8-9-13(3)16-11-10-15(6-2)12-14(16)4/h13-16H,5-12H2,1-4H3. The minimum absolute atomic E-state index is 0.972. The van der Waals surface area contributed by atoms with Crippen LogP contribution in [0.2, 0.25) is 0 Å². The van der Waals surface area contributed by atoms with Crippen molar-refractivity contribution in [2.24, 2.45) is 23.7 Å². The third-order valence-electron chi connectivity index (χ3n) is 4.92. The Morgan fingerprint density at radius 2 is 1.88 bits per heavy atom. The molecular formula is C16H32. The first-order valence-electron chi connectivity index (χ1n) is 7.69. The molecule has 0 N–H and O–H groups in total. The molecule has 0 nitrogen and oxygen atoms in total. The molecule has 4 unspecified atom stereocenters. The van der Waals surface area contributed by atoms with Gasteiger partial charge in [-0.25, -0.2) is 0 Å². The quantitative estimate of drug-likeness (QED) is 0.510. The fraction of sp³-hybridized carbons (Fsp3) is 1.00. The highest BCUT2D eigenvalue weighted by atomic mass is 14.3. The molecule has 0 amide bonds. The summed E-state index contributed by atoms with van der Waals surface area (Å²) in [6.45, 7) is 9.67. The van der Waals surface area contributed by atoms with Gasteiger partial charge in [-0.1, -0.05) is 66.2 Å². The van der Waals surface area contributed by atoms with Crippen molar-refractivity contribution in [2.45, 2.75) is 79.1 Å². The minimum atomic E-state index is 0.972. The van der Waals surface area contributed by atoms with Crippen molar-refractivity contribution in [3.8, 4) is 0 Å². The molecule has 0 aromatic carbocycles. The van der Waals surface area contributed by atoms with Crippen LogP contribution in [0.3, 0.4) is 0 Å². The molecule has 0 heteroatoms. The van der Waals surface area contributed by atoms with Crippen LogP contribution in [0.15, 0.2) is 0 Å². The lowest BCUT2D eigenvalue weighted by atomic mass is 9.68. The van der Waals surface area contributed by atoms with Crippen LogP contribution >= 0.6 is 0 Å². The van der Waals surface area contributed by atoms with Gasteiger partial charge in [0.1, 0.15) is 0 Å². The van der Waals surface area contributed by atoms with Crippen molar-refractivity contribution in [3.63, 3.8) is 0 Å². The number of rotatable bonds is 6. The molecule has 96 valence electrons. The Balaban J connectivity index is 2.30. The summed E-state index contributed by atoms with van der Waals surface area (Å²) >= 11 is 0. The molecule has 0 aliphatic heterocycles. The van der Waals surface area contributed by atoms with Gasteiger partial charge in [0.15, 0.2) is 0 Å². The van der Waals surface area contributed by atoms with Gasteiger partial charge in [0.2, 0.25) is 0 Å². The fourth-order valence-corrected chi connectivity index (χ4v) is 3.68. The molecule has 16 heavy (non-hydrogen) atoms. The number of unbranched alkanes of at least 4 members (excludes halogenated alkanes) is 2. The summed E-state index contributed by atoms with van der Waals surface area (Å²) in [5.74, 6) is 4.02. The van der Waals surface area contributed by atoms with E-state index in [1.165, 1.54) is 51.4 Å². The SMILES string of the molecule is CCCCCC(C)C1CCC(CC)CC1C. The Morgan fingerprint density at radius 1 is 1.12 bits per heavy atom. The van der Waals surface area contributed by atoms with Gasteiger partial charge in [-0.2, -0.15) is 0 Å². The summed E-state index contributed by atoms with van der Waals surface area (Å²) in [7, 11) is 0. The average Bonchev–Trinajstić information content (AvgIpc) is 2.29. The lowest BCUT2D eigenvalue weighted by molar-refractivity contribution is 0.134. The Hall–Kier alpha value is 0. The molecule has 0 radical (unpaired) electrons. The highest BCUT2D eigenvalue weighted by Gasteiger charge is 2.29. The molecule has 0 aromatic rings. The molecule has 1 fully saturated rings. The molecule has 0 aromatic heterocycles. The Morgan fingerprint density at radius 3 is 2.44 bits per heavy atom. The second-order valence-corrected chi connectivity index (χ2v) is 6.20. The van der Waals surface area contributed by atoms with Crippen LogP contribution in [0, 0.1) is 23.7 Å². The van der Waals surface area contributed by atoms with E-state index in [1.54, 1.807) is 0 Å². The summed E-state index contributed by atoms with van der Waals surface area (Å²) in [6.07, 6.45) is 11.6. The normalized spacial score (nSPS) is 32.6. The van der Waals surface area contributed by atoms with E-state index in [4.69, 9.17) is 0 Å². The number of hydrogen-bond donors (Lipinski definition) is 0. The maximum atomic E-state index is 2.50. The first-order chi connectivity index (χ1) is 7.69. The van der Waals surface area contributed by atoms with E-state index in [0.717, 1.165) is 23.7 Å². The van der Waals surface area contributed by atoms with Gasteiger partial charge >= 0.3 is 0 Å². The second-order valence-electron chi connectivity index (χ2n) is 6.20. The second kappa shape index (κ2) is 7.35. The monoisotopic (exact) mass is 224 g/mol. The molecule has 1 aliphatic carbocycles. The Labute approximate surface area is 103 Å². The molecule has 4 atom stereocenters. The van der Waals surface area contributed by atoms with Crippen molar-refractivity contribution >= 4 is 0 Å². The summed E-state index contributed by atoms with van der Waals surface area (Å²) in [5, 5.41) is 0. The van der Waals surface area contributed by atoms with Crippen molar-refractivity contribution in [2.75, 3.05) is 0 Å². The molecule has 1 rings (SSSR count). The van der Waals surface area contributed by atoms with Crippen LogP contribution < -0.4 is 0 Å². The van der Waals surface area contributed by atoms with Gasteiger partial charge in [0, 0.05) is 0 Å². The van der Waals surface area contributed by atoms with Gasteiger partial charge < -0.3 is 0 Å². The molecule has 1 aliphatic rings. The van der Waals surface area contributed by atoms with E-state index < -0.39 is 0 Å². The van der Waals surface area contributed by atoms with E-state index in [0.29, 0.717) is 0 Å². The minimum Gasteiger partial charge on any atom is -0.0654 e. The lowest BCUT2D eigenvalue weighted by Gasteiger charge is -2.37. The maximum Gasteiger partial charge on any atom is -0.0362 e. The van der Waals surface area contributed by atoms with Gasteiger partial charge in [-0.3, -0.25) is 0 Å². The number of hydrogen-bond acceptors (Lipinski definition) is 0. The highest BCUT2D eigenvalue weighted by Crippen LogP contribution is 2.40. The van der Waals surface area contributed by atoms with Crippen LogP contribution in [-0.4, -0.2) is 0 Å². The molecule has 1 saturated carbocycles. The zero-order valence-electron chi connectivity index (χ0n) is 12.0. The van der Waals surface area contributed by atoms with Gasteiger partial charge in [-0.15, -0.1) is 0 Å². The van der Waals surface area contributed by atoms with E-state index >= 15 is 0 Å². The molecule has 0 heterocycles. The highest BCUT2D eigenvalue weighted by molar-refractivity contribution is 4.80. The largest absolute Gasteiger partial charge is 0.0654 e. The van der Waals surface area contributed by atoms with Crippen LogP contribution in [0.25, 0.3) is 0 Å². The fourth-order valence-electron chi connectivity index (χ4n) is 3.68.